The Balaban J connectivity index is 1.48. The Labute approximate surface area is 158 Å². The van der Waals surface area contributed by atoms with Gasteiger partial charge in [-0.1, -0.05) is 12.1 Å². The number of pyridine rings is 1. The Morgan fingerprint density at radius 1 is 1.26 bits per heavy atom. The van der Waals surface area contributed by atoms with Gasteiger partial charge in [0.15, 0.2) is 6.10 Å². The molecule has 0 bridgehead atoms. The second-order valence-corrected chi connectivity index (χ2v) is 6.75. The SMILES string of the molecule is CC(Oc1cccc(F)c1)C(=O)NCc1ccc(N2CCN(C)CC2)nc1. The molecule has 1 amide bonds. The first-order valence-electron chi connectivity index (χ1n) is 9.09. The number of halogens is 1. The highest BCUT2D eigenvalue weighted by atomic mass is 19.1. The molecule has 1 aromatic heterocycles. The molecule has 144 valence electrons. The third-order valence-electron chi connectivity index (χ3n) is 4.58. The molecule has 0 aliphatic carbocycles. The van der Waals surface area contributed by atoms with Crippen molar-refractivity contribution < 1.29 is 13.9 Å². The number of hydrogen-bond acceptors (Lipinski definition) is 5. The van der Waals surface area contributed by atoms with E-state index in [1.807, 2.05) is 12.1 Å². The Bertz CT molecular complexity index is 761. The van der Waals surface area contributed by atoms with Crippen LogP contribution in [0.5, 0.6) is 5.75 Å². The summed E-state index contributed by atoms with van der Waals surface area (Å²) in [5.74, 6) is 0.630. The molecule has 1 fully saturated rings. The van der Waals surface area contributed by atoms with Crippen molar-refractivity contribution in [1.82, 2.24) is 15.2 Å². The van der Waals surface area contributed by atoms with Gasteiger partial charge in [-0.15, -0.1) is 0 Å². The second kappa shape index (κ2) is 8.81. The first-order chi connectivity index (χ1) is 13.0. The molecule has 3 rings (SSSR count). The van der Waals surface area contributed by atoms with Gasteiger partial charge in [-0.2, -0.15) is 0 Å². The molecule has 7 heteroatoms. The molecule has 1 atom stereocenters. The summed E-state index contributed by atoms with van der Waals surface area (Å²) >= 11 is 0. The third kappa shape index (κ3) is 5.40. The number of carbonyl (C=O) groups excluding carboxylic acids is 1. The number of anilines is 1. The number of carbonyl (C=O) groups is 1. The molecule has 1 aliphatic heterocycles. The van der Waals surface area contributed by atoms with Gasteiger partial charge in [0.25, 0.3) is 5.91 Å². The molecule has 6 nitrogen and oxygen atoms in total. The van der Waals surface area contributed by atoms with Gasteiger partial charge in [0.05, 0.1) is 0 Å². The van der Waals surface area contributed by atoms with Gasteiger partial charge in [0, 0.05) is 45.0 Å². The van der Waals surface area contributed by atoms with Crippen molar-refractivity contribution in [2.75, 3.05) is 38.1 Å². The van der Waals surface area contributed by atoms with Crippen molar-refractivity contribution in [3.63, 3.8) is 0 Å². The predicted molar refractivity (Wildman–Crippen MR) is 102 cm³/mol. The summed E-state index contributed by atoms with van der Waals surface area (Å²) in [5.41, 5.74) is 0.916. The topological polar surface area (TPSA) is 57.7 Å². The van der Waals surface area contributed by atoms with E-state index in [-0.39, 0.29) is 5.91 Å². The van der Waals surface area contributed by atoms with Crippen molar-refractivity contribution in [3.8, 4) is 5.75 Å². The molecule has 0 saturated carbocycles. The zero-order valence-corrected chi connectivity index (χ0v) is 15.7. The van der Waals surface area contributed by atoms with Gasteiger partial charge in [-0.05, 0) is 37.7 Å². The Morgan fingerprint density at radius 3 is 2.70 bits per heavy atom. The molecule has 2 aromatic rings. The van der Waals surface area contributed by atoms with Crippen LogP contribution in [0.25, 0.3) is 0 Å². The lowest BCUT2D eigenvalue weighted by Gasteiger charge is -2.33. The fourth-order valence-corrected chi connectivity index (χ4v) is 2.87. The molecule has 27 heavy (non-hydrogen) atoms. The predicted octanol–water partition coefficient (Wildman–Crippen LogP) is 2.06. The highest BCUT2D eigenvalue weighted by Gasteiger charge is 2.16. The molecule has 1 aliphatic rings. The van der Waals surface area contributed by atoms with Crippen LogP contribution in [-0.4, -0.2) is 55.1 Å². The maximum absolute atomic E-state index is 13.2. The minimum Gasteiger partial charge on any atom is -0.481 e. The van der Waals surface area contributed by atoms with Gasteiger partial charge in [0.1, 0.15) is 17.4 Å². The summed E-state index contributed by atoms with van der Waals surface area (Å²) in [4.78, 5) is 21.3. The number of ether oxygens (including phenoxy) is 1. The minimum absolute atomic E-state index is 0.262. The van der Waals surface area contributed by atoms with E-state index in [1.165, 1.54) is 12.1 Å². The van der Waals surface area contributed by atoms with Crippen LogP contribution in [0.2, 0.25) is 0 Å². The molecule has 1 saturated heterocycles. The zero-order chi connectivity index (χ0) is 19.2. The number of rotatable bonds is 6. The number of piperazine rings is 1. The van der Waals surface area contributed by atoms with Crippen molar-refractivity contribution in [2.24, 2.45) is 0 Å². The molecular formula is C20H25FN4O2. The largest absolute Gasteiger partial charge is 0.481 e. The van der Waals surface area contributed by atoms with E-state index in [2.05, 4.69) is 27.1 Å². The number of amides is 1. The molecule has 2 heterocycles. The summed E-state index contributed by atoms with van der Waals surface area (Å²) in [7, 11) is 2.12. The summed E-state index contributed by atoms with van der Waals surface area (Å²) in [6, 6.07) is 9.70. The lowest BCUT2D eigenvalue weighted by molar-refractivity contribution is -0.127. The molecule has 1 aromatic carbocycles. The fraction of sp³-hybridized carbons (Fsp3) is 0.400. The lowest BCUT2D eigenvalue weighted by atomic mass is 10.2. The molecule has 0 spiro atoms. The van der Waals surface area contributed by atoms with Crippen LogP contribution < -0.4 is 15.0 Å². The van der Waals surface area contributed by atoms with Crippen LogP contribution in [0.4, 0.5) is 10.2 Å². The fourth-order valence-electron chi connectivity index (χ4n) is 2.87. The van der Waals surface area contributed by atoms with Crippen molar-refractivity contribution >= 4 is 11.7 Å². The average Bonchev–Trinajstić information content (AvgIpc) is 2.67. The minimum atomic E-state index is -0.718. The van der Waals surface area contributed by atoms with E-state index in [0.717, 1.165) is 37.6 Å². The number of benzene rings is 1. The Hall–Kier alpha value is -2.67. The van der Waals surface area contributed by atoms with Gasteiger partial charge < -0.3 is 19.9 Å². The van der Waals surface area contributed by atoms with Crippen molar-refractivity contribution in [1.29, 1.82) is 0 Å². The van der Waals surface area contributed by atoms with E-state index in [9.17, 15) is 9.18 Å². The maximum Gasteiger partial charge on any atom is 0.261 e. The summed E-state index contributed by atoms with van der Waals surface area (Å²) in [6.45, 7) is 6.00. The van der Waals surface area contributed by atoms with Gasteiger partial charge in [-0.3, -0.25) is 4.79 Å². The third-order valence-corrected chi connectivity index (χ3v) is 4.58. The van der Waals surface area contributed by atoms with Crippen LogP contribution in [-0.2, 0) is 11.3 Å². The monoisotopic (exact) mass is 372 g/mol. The van der Waals surface area contributed by atoms with E-state index in [4.69, 9.17) is 4.74 Å². The van der Waals surface area contributed by atoms with Gasteiger partial charge in [-0.25, -0.2) is 9.37 Å². The first kappa shape index (κ1) is 19.1. The highest BCUT2D eigenvalue weighted by Crippen LogP contribution is 2.15. The molecule has 0 radical (unpaired) electrons. The van der Waals surface area contributed by atoms with Gasteiger partial charge >= 0.3 is 0 Å². The first-order valence-corrected chi connectivity index (χ1v) is 9.09. The smallest absolute Gasteiger partial charge is 0.261 e. The highest BCUT2D eigenvalue weighted by molar-refractivity contribution is 5.80. The standard InChI is InChI=1S/C20H25FN4O2/c1-15(27-18-5-3-4-17(21)12-18)20(26)23-14-16-6-7-19(22-13-16)25-10-8-24(2)9-11-25/h3-7,12-13,15H,8-11,14H2,1-2H3,(H,23,26). The van der Waals surface area contributed by atoms with Crippen LogP contribution in [0.15, 0.2) is 42.6 Å². The number of likely N-dealkylation sites (N-methyl/N-ethyl adjacent to an activating group) is 1. The summed E-state index contributed by atoms with van der Waals surface area (Å²) < 4.78 is 18.7. The second-order valence-electron chi connectivity index (χ2n) is 6.75. The molecule has 1 N–H and O–H groups in total. The Kier molecular flexibility index (Phi) is 6.24. The number of hydrogen-bond donors (Lipinski definition) is 1. The molecule has 1 unspecified atom stereocenters. The number of nitrogens with zero attached hydrogens (tertiary/aromatic N) is 3. The average molecular weight is 372 g/mol. The Morgan fingerprint density at radius 2 is 2.04 bits per heavy atom. The maximum atomic E-state index is 13.2. The van der Waals surface area contributed by atoms with E-state index in [1.54, 1.807) is 25.3 Å². The van der Waals surface area contributed by atoms with Crippen LogP contribution in [0.3, 0.4) is 0 Å². The lowest BCUT2D eigenvalue weighted by Crippen LogP contribution is -2.44. The van der Waals surface area contributed by atoms with E-state index >= 15 is 0 Å². The normalized spacial score (nSPS) is 16.0. The van der Waals surface area contributed by atoms with Crippen molar-refractivity contribution in [3.05, 3.63) is 54.0 Å². The molecular weight excluding hydrogens is 347 g/mol. The summed E-state index contributed by atoms with van der Waals surface area (Å²) in [6.07, 6.45) is 1.07. The van der Waals surface area contributed by atoms with Crippen LogP contribution in [0.1, 0.15) is 12.5 Å². The van der Waals surface area contributed by atoms with E-state index < -0.39 is 11.9 Å². The van der Waals surface area contributed by atoms with Crippen molar-refractivity contribution in [2.45, 2.75) is 19.6 Å². The number of aromatic nitrogens is 1. The zero-order valence-electron chi connectivity index (χ0n) is 15.7. The van der Waals surface area contributed by atoms with E-state index in [0.29, 0.717) is 12.3 Å². The van der Waals surface area contributed by atoms with Gasteiger partial charge in [0.2, 0.25) is 0 Å². The van der Waals surface area contributed by atoms with Crippen LogP contribution >= 0.6 is 0 Å². The summed E-state index contributed by atoms with van der Waals surface area (Å²) in [5, 5.41) is 2.82. The quantitative estimate of drug-likeness (QED) is 0.841. The number of nitrogens with one attached hydrogen (secondary N) is 1. The van der Waals surface area contributed by atoms with Crippen LogP contribution in [0, 0.1) is 5.82 Å².